The summed E-state index contributed by atoms with van der Waals surface area (Å²) in [7, 11) is 1.21. The Morgan fingerprint density at radius 2 is 1.73 bits per heavy atom. The highest BCUT2D eigenvalue weighted by Crippen LogP contribution is 2.34. The maximum absolute atomic E-state index is 15.5. The molecule has 1 aliphatic rings. The van der Waals surface area contributed by atoms with E-state index in [0.717, 1.165) is 25.6 Å². The summed E-state index contributed by atoms with van der Waals surface area (Å²) >= 11 is 6.28. The largest absolute Gasteiger partial charge is 0.497 e. The molecule has 3 aromatic carbocycles. The molecule has 3 aromatic rings. The summed E-state index contributed by atoms with van der Waals surface area (Å²) in [6.07, 6.45) is 0.487. The Hall–Kier alpha value is -4.53. The minimum atomic E-state index is -2.43. The number of nitrogens with one attached hydrogen (secondary N) is 2. The van der Waals surface area contributed by atoms with E-state index in [1.54, 1.807) is 24.3 Å². The number of likely N-dealkylation sites (tertiary alicyclic amines) is 1. The van der Waals surface area contributed by atoms with Gasteiger partial charge in [0.1, 0.15) is 28.5 Å². The molecule has 3 N–H and O–H groups in total. The molecule has 4 rings (SSSR count). The third-order valence-electron chi connectivity index (χ3n) is 7.97. The van der Waals surface area contributed by atoms with Crippen molar-refractivity contribution >= 4 is 29.4 Å². The van der Waals surface area contributed by atoms with Crippen LogP contribution in [0.1, 0.15) is 53.0 Å². The lowest BCUT2D eigenvalue weighted by Crippen LogP contribution is -2.62. The van der Waals surface area contributed by atoms with Crippen LogP contribution in [-0.2, 0) is 10.3 Å². The lowest BCUT2D eigenvalue weighted by atomic mass is 9.84. The van der Waals surface area contributed by atoms with Gasteiger partial charge in [0.05, 0.1) is 29.9 Å². The van der Waals surface area contributed by atoms with Gasteiger partial charge < -0.3 is 25.4 Å². The number of ether oxygens (including phenoxy) is 1. The third-order valence-corrected chi connectivity index (χ3v) is 8.30. The fraction of sp³-hybridized carbons (Fsp3) is 0.312. The lowest BCUT2D eigenvalue weighted by Gasteiger charge is -2.40. The molecule has 0 spiro atoms. The number of piperidine rings is 1. The molecule has 1 atom stereocenters. The second-order valence-electron chi connectivity index (χ2n) is 10.7. The topological polar surface area (TPSA) is 132 Å². The zero-order valence-corrected chi connectivity index (χ0v) is 25.1. The zero-order valence-electron chi connectivity index (χ0n) is 24.3. The van der Waals surface area contributed by atoms with Crippen LogP contribution in [0.4, 0.5) is 8.78 Å². The Bertz CT molecular complexity index is 1630. The number of nitriles is 1. The Balaban J connectivity index is 1.78. The SMILES string of the molecule is CCN1CCC(C#N)(NC(=O)[C@@](C)(NC(=O)c2ccc(-c3ccccc3Cl)cc2C(=O)O)c2c(F)cc(OC)cc2F)CC1. The Morgan fingerprint density at radius 1 is 1.09 bits per heavy atom. The van der Waals surface area contributed by atoms with Gasteiger partial charge in [-0.2, -0.15) is 5.26 Å². The summed E-state index contributed by atoms with van der Waals surface area (Å²) in [5, 5.41) is 25.4. The molecular weight excluding hydrogens is 594 g/mol. The van der Waals surface area contributed by atoms with E-state index in [2.05, 4.69) is 21.6 Å². The second-order valence-corrected chi connectivity index (χ2v) is 11.1. The van der Waals surface area contributed by atoms with Crippen molar-refractivity contribution in [2.24, 2.45) is 0 Å². The molecule has 44 heavy (non-hydrogen) atoms. The molecule has 0 saturated carbocycles. The van der Waals surface area contributed by atoms with E-state index in [1.807, 2.05) is 6.92 Å². The number of benzene rings is 3. The van der Waals surface area contributed by atoms with Crippen LogP contribution in [0.3, 0.4) is 0 Å². The summed E-state index contributed by atoms with van der Waals surface area (Å²) in [5.74, 6) is -6.15. The summed E-state index contributed by atoms with van der Waals surface area (Å²) in [4.78, 5) is 42.1. The van der Waals surface area contributed by atoms with Crippen molar-refractivity contribution in [3.8, 4) is 22.9 Å². The van der Waals surface area contributed by atoms with Crippen molar-refractivity contribution < 1.29 is 33.0 Å². The number of aromatic carboxylic acids is 1. The molecule has 2 amide bonds. The first-order chi connectivity index (χ1) is 20.9. The van der Waals surface area contributed by atoms with E-state index in [0.29, 0.717) is 29.2 Å². The Kier molecular flexibility index (Phi) is 9.56. The van der Waals surface area contributed by atoms with Gasteiger partial charge in [-0.1, -0.05) is 42.8 Å². The number of nitrogens with zero attached hydrogens (tertiary/aromatic N) is 2. The predicted octanol–water partition coefficient (Wildman–Crippen LogP) is 5.13. The van der Waals surface area contributed by atoms with Gasteiger partial charge in [0, 0.05) is 35.8 Å². The van der Waals surface area contributed by atoms with Crippen LogP contribution in [0.5, 0.6) is 5.75 Å². The molecule has 230 valence electrons. The van der Waals surface area contributed by atoms with Crippen molar-refractivity contribution in [1.82, 2.24) is 15.5 Å². The molecule has 0 aromatic heterocycles. The van der Waals surface area contributed by atoms with Gasteiger partial charge in [-0.3, -0.25) is 9.59 Å². The van der Waals surface area contributed by atoms with Crippen LogP contribution in [0.2, 0.25) is 5.02 Å². The number of carboxylic acids is 1. The van der Waals surface area contributed by atoms with Crippen molar-refractivity contribution in [3.63, 3.8) is 0 Å². The van der Waals surface area contributed by atoms with E-state index >= 15 is 8.78 Å². The number of carboxylic acid groups (broad SMARTS) is 1. The van der Waals surface area contributed by atoms with Gasteiger partial charge in [-0.05, 0) is 50.1 Å². The van der Waals surface area contributed by atoms with Crippen LogP contribution in [-0.4, -0.2) is 60.1 Å². The summed E-state index contributed by atoms with van der Waals surface area (Å²) in [6, 6.07) is 14.5. The van der Waals surface area contributed by atoms with E-state index in [9.17, 15) is 24.8 Å². The predicted molar refractivity (Wildman–Crippen MR) is 159 cm³/mol. The summed E-state index contributed by atoms with van der Waals surface area (Å²) in [5.41, 5.74) is -4.48. The van der Waals surface area contributed by atoms with E-state index in [1.165, 1.54) is 25.3 Å². The van der Waals surface area contributed by atoms with E-state index in [-0.39, 0.29) is 24.2 Å². The normalized spacial score (nSPS) is 15.8. The van der Waals surface area contributed by atoms with E-state index in [4.69, 9.17) is 16.3 Å². The Morgan fingerprint density at radius 3 is 2.27 bits per heavy atom. The summed E-state index contributed by atoms with van der Waals surface area (Å²) in [6.45, 7) is 4.80. The van der Waals surface area contributed by atoms with Crippen molar-refractivity contribution in [2.45, 2.75) is 37.8 Å². The Labute approximate surface area is 258 Å². The molecule has 1 heterocycles. The first-order valence-corrected chi connectivity index (χ1v) is 14.2. The van der Waals surface area contributed by atoms with Gasteiger partial charge in [-0.15, -0.1) is 0 Å². The number of methoxy groups -OCH3 is 1. The second kappa shape index (κ2) is 13.0. The number of rotatable bonds is 9. The highest BCUT2D eigenvalue weighted by molar-refractivity contribution is 6.33. The quantitative estimate of drug-likeness (QED) is 0.301. The van der Waals surface area contributed by atoms with Crippen molar-refractivity contribution in [1.29, 1.82) is 5.26 Å². The maximum Gasteiger partial charge on any atom is 0.336 e. The average Bonchev–Trinajstić information content (AvgIpc) is 3.00. The fourth-order valence-corrected chi connectivity index (χ4v) is 5.56. The van der Waals surface area contributed by atoms with Gasteiger partial charge in [0.2, 0.25) is 0 Å². The monoisotopic (exact) mass is 624 g/mol. The molecule has 0 aliphatic carbocycles. The third kappa shape index (κ3) is 6.37. The number of amides is 2. The number of hydrogen-bond donors (Lipinski definition) is 3. The zero-order chi connectivity index (χ0) is 32.2. The molecule has 9 nitrogen and oxygen atoms in total. The van der Waals surface area contributed by atoms with Crippen LogP contribution < -0.4 is 15.4 Å². The standard InChI is InChI=1S/C32H31ClF2N4O5/c1-4-39-13-11-32(18-36,12-14-39)38-30(43)31(2,27-25(34)16-20(44-3)17-26(27)35)37-28(40)22-10-9-19(15-23(22)29(41)42)21-7-5-6-8-24(21)33/h5-10,15-17H,4,11-14H2,1-3H3,(H,37,40)(H,38,43)(H,41,42)/t31-/m0/s1. The minimum Gasteiger partial charge on any atom is -0.497 e. The number of carbonyl (C=O) groups excluding carboxylic acids is 2. The van der Waals surface area contributed by atoms with Gasteiger partial charge in [0.15, 0.2) is 0 Å². The molecule has 12 heteroatoms. The molecule has 0 bridgehead atoms. The van der Waals surface area contributed by atoms with Crippen molar-refractivity contribution in [3.05, 3.63) is 87.9 Å². The van der Waals surface area contributed by atoms with Crippen molar-refractivity contribution in [2.75, 3.05) is 26.7 Å². The van der Waals surface area contributed by atoms with Gasteiger partial charge in [0.25, 0.3) is 11.8 Å². The van der Waals surface area contributed by atoms with Gasteiger partial charge in [-0.25, -0.2) is 13.6 Å². The minimum absolute atomic E-state index is 0.165. The number of carbonyl (C=O) groups is 3. The fourth-order valence-electron chi connectivity index (χ4n) is 5.31. The smallest absolute Gasteiger partial charge is 0.336 e. The highest BCUT2D eigenvalue weighted by atomic mass is 35.5. The average molecular weight is 625 g/mol. The summed E-state index contributed by atoms with van der Waals surface area (Å²) < 4.78 is 36.0. The molecule has 1 aliphatic heterocycles. The molecule has 0 radical (unpaired) electrons. The molecule has 1 fully saturated rings. The van der Waals surface area contributed by atoms with E-state index < -0.39 is 51.6 Å². The van der Waals surface area contributed by atoms with Crippen LogP contribution in [0.15, 0.2) is 54.6 Å². The molecule has 1 saturated heterocycles. The number of hydrogen-bond acceptors (Lipinski definition) is 6. The number of halogens is 3. The first kappa shape index (κ1) is 32.4. The van der Waals surface area contributed by atoms with Crippen LogP contribution in [0, 0.1) is 23.0 Å². The molecule has 0 unspecified atom stereocenters. The van der Waals surface area contributed by atoms with Gasteiger partial charge >= 0.3 is 5.97 Å². The molecular formula is C32H31ClF2N4O5. The lowest BCUT2D eigenvalue weighted by molar-refractivity contribution is -0.129. The highest BCUT2D eigenvalue weighted by Gasteiger charge is 2.46. The first-order valence-electron chi connectivity index (χ1n) is 13.8. The maximum atomic E-state index is 15.5. The van der Waals surface area contributed by atoms with Crippen LogP contribution in [0.25, 0.3) is 11.1 Å². The van der Waals surface area contributed by atoms with Crippen LogP contribution >= 0.6 is 11.6 Å².